The topological polar surface area (TPSA) is 95.1 Å². The van der Waals surface area contributed by atoms with Crippen molar-refractivity contribution < 1.29 is 21.6 Å². The van der Waals surface area contributed by atoms with E-state index in [1.54, 1.807) is 21.3 Å². The highest BCUT2D eigenvalue weighted by Gasteiger charge is 2.39. The van der Waals surface area contributed by atoms with E-state index in [-0.39, 0.29) is 22.6 Å². The summed E-state index contributed by atoms with van der Waals surface area (Å²) >= 11 is 0. The van der Waals surface area contributed by atoms with Gasteiger partial charge in [0, 0.05) is 38.4 Å². The van der Waals surface area contributed by atoms with Crippen LogP contribution in [0, 0.1) is 0 Å². The standard InChI is InChI=1S/C18H27N3O5S2/c1-2-3-14-28(25,26)20-12-10-19(11-13-20)17-8-9-21(18(17)22)15-4-6-16(7-5-15)27(23)24/h4-7,17,27H,2-3,8-14H2,1H3/t17-/m0/s1. The predicted molar refractivity (Wildman–Crippen MR) is 108 cm³/mol. The Balaban J connectivity index is 1.60. The minimum atomic E-state index is -3.21. The quantitative estimate of drug-likeness (QED) is 0.635. The summed E-state index contributed by atoms with van der Waals surface area (Å²) in [6, 6.07) is 6.05. The first-order valence-corrected chi connectivity index (χ1v) is 12.4. The van der Waals surface area contributed by atoms with Crippen molar-refractivity contribution in [3.63, 3.8) is 0 Å². The van der Waals surface area contributed by atoms with Crippen molar-refractivity contribution in [3.05, 3.63) is 24.3 Å². The molecule has 0 bridgehead atoms. The van der Waals surface area contributed by atoms with Gasteiger partial charge in [0.25, 0.3) is 0 Å². The van der Waals surface area contributed by atoms with Crippen molar-refractivity contribution in [2.24, 2.45) is 0 Å². The molecule has 0 saturated carbocycles. The first-order valence-electron chi connectivity index (χ1n) is 9.61. The number of sulfonamides is 1. The number of thiol groups is 1. The number of amides is 1. The zero-order chi connectivity index (χ0) is 20.3. The van der Waals surface area contributed by atoms with E-state index in [9.17, 15) is 21.6 Å². The van der Waals surface area contributed by atoms with Crippen LogP contribution in [0.1, 0.15) is 26.2 Å². The second-order valence-electron chi connectivity index (χ2n) is 7.17. The molecule has 1 amide bonds. The fraction of sp³-hybridized carbons (Fsp3) is 0.611. The van der Waals surface area contributed by atoms with Gasteiger partial charge < -0.3 is 4.90 Å². The average Bonchev–Trinajstić information content (AvgIpc) is 3.08. The van der Waals surface area contributed by atoms with Crippen molar-refractivity contribution in [2.45, 2.75) is 37.1 Å². The van der Waals surface area contributed by atoms with E-state index < -0.39 is 20.7 Å². The summed E-state index contributed by atoms with van der Waals surface area (Å²) in [4.78, 5) is 16.8. The number of benzene rings is 1. The molecule has 2 aliphatic heterocycles. The van der Waals surface area contributed by atoms with Crippen LogP contribution < -0.4 is 4.90 Å². The number of unbranched alkanes of at least 4 members (excludes halogenated alkanes) is 1. The average molecular weight is 430 g/mol. The Bertz CT molecular complexity index is 867. The maximum Gasteiger partial charge on any atom is 0.244 e. The largest absolute Gasteiger partial charge is 0.311 e. The number of hydrogen-bond donors (Lipinski definition) is 1. The molecule has 2 heterocycles. The van der Waals surface area contributed by atoms with Gasteiger partial charge in [-0.15, -0.1) is 0 Å². The minimum absolute atomic E-state index is 0.0125. The van der Waals surface area contributed by atoms with Gasteiger partial charge in [0.15, 0.2) is 10.7 Å². The van der Waals surface area contributed by atoms with Gasteiger partial charge in [0.05, 0.1) is 16.7 Å². The minimum Gasteiger partial charge on any atom is -0.311 e. The van der Waals surface area contributed by atoms with Gasteiger partial charge in [-0.05, 0) is 37.1 Å². The molecule has 156 valence electrons. The lowest BCUT2D eigenvalue weighted by Gasteiger charge is -2.36. The molecular formula is C18H27N3O5S2. The molecule has 2 aliphatic rings. The normalized spacial score (nSPS) is 22.3. The highest BCUT2D eigenvalue weighted by molar-refractivity contribution is 7.89. The molecule has 3 rings (SSSR count). The van der Waals surface area contributed by atoms with E-state index in [4.69, 9.17) is 0 Å². The third-order valence-electron chi connectivity index (χ3n) is 5.41. The van der Waals surface area contributed by atoms with Crippen molar-refractivity contribution in [1.29, 1.82) is 0 Å². The van der Waals surface area contributed by atoms with Crippen LogP contribution in [-0.2, 0) is 25.5 Å². The number of piperazine rings is 1. The molecule has 8 nitrogen and oxygen atoms in total. The van der Waals surface area contributed by atoms with Crippen LogP contribution in [-0.4, -0.2) is 76.5 Å². The van der Waals surface area contributed by atoms with Crippen LogP contribution in [0.3, 0.4) is 0 Å². The van der Waals surface area contributed by atoms with Crippen LogP contribution >= 0.6 is 0 Å². The Morgan fingerprint density at radius 3 is 2.25 bits per heavy atom. The number of nitrogens with zero attached hydrogens (tertiary/aromatic N) is 3. The van der Waals surface area contributed by atoms with Gasteiger partial charge in [0.2, 0.25) is 15.9 Å². The lowest BCUT2D eigenvalue weighted by Crippen LogP contribution is -2.54. The Kier molecular flexibility index (Phi) is 6.74. The number of carbonyl (C=O) groups is 1. The van der Waals surface area contributed by atoms with E-state index in [1.165, 1.54) is 12.1 Å². The van der Waals surface area contributed by atoms with Crippen molar-refractivity contribution in [2.75, 3.05) is 43.4 Å². The molecule has 0 unspecified atom stereocenters. The van der Waals surface area contributed by atoms with E-state index in [1.807, 2.05) is 6.92 Å². The Morgan fingerprint density at radius 1 is 1.04 bits per heavy atom. The molecule has 1 atom stereocenters. The first-order chi connectivity index (χ1) is 13.3. The maximum atomic E-state index is 12.9. The second kappa shape index (κ2) is 8.89. The van der Waals surface area contributed by atoms with Crippen molar-refractivity contribution in [3.8, 4) is 0 Å². The fourth-order valence-electron chi connectivity index (χ4n) is 3.76. The summed E-state index contributed by atoms with van der Waals surface area (Å²) < 4.78 is 48.2. The molecule has 0 N–H and O–H groups in total. The fourth-order valence-corrected chi connectivity index (χ4v) is 5.79. The molecule has 0 spiro atoms. The third kappa shape index (κ3) is 4.56. The number of carbonyl (C=O) groups excluding carboxylic acids is 1. The van der Waals surface area contributed by atoms with Crippen LogP contribution in [0.4, 0.5) is 5.69 Å². The molecule has 28 heavy (non-hydrogen) atoms. The van der Waals surface area contributed by atoms with Crippen LogP contribution in [0.15, 0.2) is 29.2 Å². The van der Waals surface area contributed by atoms with E-state index in [2.05, 4.69) is 4.90 Å². The van der Waals surface area contributed by atoms with Crippen LogP contribution in [0.25, 0.3) is 0 Å². The number of anilines is 1. The zero-order valence-corrected chi connectivity index (χ0v) is 17.7. The second-order valence-corrected chi connectivity index (χ2v) is 10.3. The number of rotatable bonds is 7. The molecule has 0 aromatic heterocycles. The Hall–Kier alpha value is -1.49. The summed E-state index contributed by atoms with van der Waals surface area (Å²) in [5.74, 6) is 0.173. The summed E-state index contributed by atoms with van der Waals surface area (Å²) in [6.07, 6.45) is 2.19. The van der Waals surface area contributed by atoms with Gasteiger partial charge in [-0.2, -0.15) is 4.31 Å². The van der Waals surface area contributed by atoms with Crippen LogP contribution in [0.2, 0.25) is 0 Å². The third-order valence-corrected chi connectivity index (χ3v) is 8.09. The Morgan fingerprint density at radius 2 is 1.68 bits per heavy atom. The van der Waals surface area contributed by atoms with Gasteiger partial charge in [-0.1, -0.05) is 13.3 Å². The molecule has 10 heteroatoms. The van der Waals surface area contributed by atoms with Crippen LogP contribution in [0.5, 0.6) is 0 Å². The molecule has 1 aromatic carbocycles. The Labute approximate surface area is 168 Å². The highest BCUT2D eigenvalue weighted by Crippen LogP contribution is 2.26. The molecule has 0 radical (unpaired) electrons. The lowest BCUT2D eigenvalue weighted by atomic mass is 10.2. The SMILES string of the molecule is CCCCS(=O)(=O)N1CCN([C@H]2CCN(c3ccc([SH](=O)=O)cc3)C2=O)CC1. The van der Waals surface area contributed by atoms with Gasteiger partial charge in [0.1, 0.15) is 0 Å². The van der Waals surface area contributed by atoms with Gasteiger partial charge in [-0.25, -0.2) is 16.8 Å². The van der Waals surface area contributed by atoms with Crippen molar-refractivity contribution in [1.82, 2.24) is 9.21 Å². The summed E-state index contributed by atoms with van der Waals surface area (Å²) in [5, 5.41) is 0. The summed E-state index contributed by atoms with van der Waals surface area (Å²) in [6.45, 7) is 4.47. The smallest absolute Gasteiger partial charge is 0.244 e. The molecule has 0 aliphatic carbocycles. The van der Waals surface area contributed by atoms with E-state index in [0.717, 1.165) is 6.42 Å². The van der Waals surface area contributed by atoms with E-state index in [0.29, 0.717) is 51.3 Å². The predicted octanol–water partition coefficient (Wildman–Crippen LogP) is 0.510. The maximum absolute atomic E-state index is 12.9. The molecule has 2 fully saturated rings. The van der Waals surface area contributed by atoms with Crippen molar-refractivity contribution >= 4 is 32.3 Å². The monoisotopic (exact) mass is 429 g/mol. The molecule has 1 aromatic rings. The summed E-state index contributed by atoms with van der Waals surface area (Å²) in [7, 11) is -5.84. The first kappa shape index (κ1) is 21.2. The number of hydrogen-bond acceptors (Lipinski definition) is 6. The highest BCUT2D eigenvalue weighted by atomic mass is 32.2. The van der Waals surface area contributed by atoms with E-state index >= 15 is 0 Å². The lowest BCUT2D eigenvalue weighted by molar-refractivity contribution is -0.122. The van der Waals surface area contributed by atoms with Gasteiger partial charge in [-0.3, -0.25) is 9.69 Å². The molecule has 2 saturated heterocycles. The molecular weight excluding hydrogens is 402 g/mol. The summed E-state index contributed by atoms with van der Waals surface area (Å²) in [5.41, 5.74) is 0.689. The zero-order valence-electron chi connectivity index (χ0n) is 16.0. The van der Waals surface area contributed by atoms with Gasteiger partial charge >= 0.3 is 0 Å².